The summed E-state index contributed by atoms with van der Waals surface area (Å²) in [6.45, 7) is 16.6. The number of carbonyl (C=O) groups is 10. The van der Waals surface area contributed by atoms with Gasteiger partial charge in [0.2, 0.25) is 17.7 Å². The maximum Gasteiger partial charge on any atom is 0.508 e. The Morgan fingerprint density at radius 1 is 0.756 bits per heavy atom. The molecule has 8 atom stereocenters. The maximum absolute atomic E-state index is 13.7. The molecule has 28 heteroatoms. The minimum atomic E-state index is -1.53. The summed E-state index contributed by atoms with van der Waals surface area (Å²) in [7, 11) is 0. The quantitative estimate of drug-likeness (QED) is 0.0602. The van der Waals surface area contributed by atoms with Crippen molar-refractivity contribution < 1.29 is 81.8 Å². The average Bonchev–Trinajstić information content (AvgIpc) is 1.15. The highest BCUT2D eigenvalue weighted by Crippen LogP contribution is 2.31. The Morgan fingerprint density at radius 3 is 2.01 bits per heavy atom. The number of cyclic esters (lactones) is 5. The third-order valence-corrected chi connectivity index (χ3v) is 16.1. The molecule has 1 spiro atoms. The summed E-state index contributed by atoms with van der Waals surface area (Å²) in [5.41, 5.74) is 6.75. The summed E-state index contributed by atoms with van der Waals surface area (Å²) in [6.07, 6.45) is 2.55. The van der Waals surface area contributed by atoms with Crippen molar-refractivity contribution in [3.63, 3.8) is 0 Å². The van der Waals surface area contributed by atoms with Crippen LogP contribution in [0.25, 0.3) is 27.9 Å². The molecule has 7 heterocycles. The first-order valence-electron chi connectivity index (χ1n) is 29.5. The van der Waals surface area contributed by atoms with E-state index in [1.165, 1.54) is 23.0 Å². The van der Waals surface area contributed by atoms with E-state index in [1.807, 2.05) is 74.5 Å². The predicted molar refractivity (Wildman–Crippen MR) is 327 cm³/mol. The van der Waals surface area contributed by atoms with Crippen molar-refractivity contribution in [3.05, 3.63) is 101 Å². The number of fused-ring (bicyclic) bond motifs is 5. The van der Waals surface area contributed by atoms with Gasteiger partial charge in [0.1, 0.15) is 56.7 Å². The fourth-order valence-electron chi connectivity index (χ4n) is 9.88. The first-order valence-corrected chi connectivity index (χ1v) is 30.3. The number of hydrogen-bond acceptors (Lipinski definition) is 20. The predicted octanol–water partition coefficient (Wildman–Crippen LogP) is 4.76. The van der Waals surface area contributed by atoms with Crippen molar-refractivity contribution in [2.75, 3.05) is 39.5 Å². The Hall–Kier alpha value is -8.60. The lowest BCUT2D eigenvalue weighted by molar-refractivity contribution is -0.174. The topological polar surface area (TPSA) is 362 Å². The van der Waals surface area contributed by atoms with Crippen LogP contribution < -0.4 is 32.1 Å². The summed E-state index contributed by atoms with van der Waals surface area (Å²) in [5.74, 6) is -5.21. The third-order valence-electron chi connectivity index (χ3n) is 15.6. The number of aliphatic hydroxyl groups excluding tert-OH is 1. The highest BCUT2D eigenvalue weighted by Gasteiger charge is 2.47. The van der Waals surface area contributed by atoms with Crippen LogP contribution in [0.2, 0.25) is 0 Å². The van der Waals surface area contributed by atoms with Crippen molar-refractivity contribution in [1.29, 1.82) is 0 Å². The molecule has 6 amide bonds. The lowest BCUT2D eigenvalue weighted by Crippen LogP contribution is -2.61. The van der Waals surface area contributed by atoms with Crippen LogP contribution in [0.3, 0.4) is 0 Å². The molecule has 0 unspecified atom stereocenters. The van der Waals surface area contributed by atoms with E-state index in [9.17, 15) is 53.1 Å². The SMILES string of the molecule is C=CC1(C(=O)O)COC(=O)OC1.CC(C)[C@@H]1OC(=O)C2(/C=C/c3ccc4ccc(nc4c3)[C@@H](C)NC(=O)[C@@H]3CCCN(N3)C(=O)[C@H](C)NC1=O)COC(=O)OC2.CC(C)[C@H](O)C(=O)N[C@@H](C)C(=O)N1CCC[C@@H](C(=O)N[C@H](C)c2ccc3ccc(Br)cc3n2)N1. The first-order chi connectivity index (χ1) is 42.6. The minimum Gasteiger partial charge on any atom is -0.480 e. The number of hydrogen-bond donors (Lipinski definition) is 8. The van der Waals surface area contributed by atoms with Crippen LogP contribution in [0, 0.1) is 22.7 Å². The lowest BCUT2D eigenvalue weighted by atomic mass is 9.88. The number of nitrogens with zero attached hydrogens (tertiary/aromatic N) is 4. The molecule has 0 aliphatic carbocycles. The van der Waals surface area contributed by atoms with Gasteiger partial charge in [-0.1, -0.05) is 92.2 Å². The van der Waals surface area contributed by atoms with E-state index >= 15 is 0 Å². The number of ether oxygens (including phenoxy) is 5. The van der Waals surface area contributed by atoms with Crippen molar-refractivity contribution in [2.45, 2.75) is 130 Å². The third kappa shape index (κ3) is 17.2. The number of aromatic nitrogens is 2. The number of aliphatic hydroxyl groups is 1. The second-order valence-corrected chi connectivity index (χ2v) is 24.3. The summed E-state index contributed by atoms with van der Waals surface area (Å²) in [6, 6.07) is 15.2. The van der Waals surface area contributed by atoms with Crippen LogP contribution in [0.5, 0.6) is 0 Å². The van der Waals surface area contributed by atoms with E-state index in [0.29, 0.717) is 55.5 Å². The van der Waals surface area contributed by atoms with Crippen LogP contribution >= 0.6 is 15.9 Å². The van der Waals surface area contributed by atoms with Gasteiger partial charge in [-0.2, -0.15) is 0 Å². The number of hydrazine groups is 2. The van der Waals surface area contributed by atoms with Crippen molar-refractivity contribution in [3.8, 4) is 0 Å². The Morgan fingerprint density at radius 2 is 1.37 bits per heavy atom. The van der Waals surface area contributed by atoms with Gasteiger partial charge in [0.25, 0.3) is 17.7 Å². The molecule has 0 radical (unpaired) electrons. The molecule has 5 aliphatic rings. The Kier molecular flexibility index (Phi) is 23.2. The summed E-state index contributed by atoms with van der Waals surface area (Å²) in [4.78, 5) is 134. The van der Waals surface area contributed by atoms with Crippen molar-refractivity contribution >= 4 is 104 Å². The molecule has 8 N–H and O–H groups in total. The summed E-state index contributed by atoms with van der Waals surface area (Å²) >= 11 is 3.45. The molecule has 4 saturated heterocycles. The normalized spacial score (nSPS) is 23.2. The van der Waals surface area contributed by atoms with E-state index in [1.54, 1.807) is 46.8 Å². The van der Waals surface area contributed by atoms with Gasteiger partial charge in [0.15, 0.2) is 16.9 Å². The fourth-order valence-corrected chi connectivity index (χ4v) is 10.2. The molecule has 4 fully saturated rings. The van der Waals surface area contributed by atoms with Gasteiger partial charge in [-0.3, -0.25) is 58.3 Å². The van der Waals surface area contributed by atoms with E-state index in [0.717, 1.165) is 26.5 Å². The molecule has 9 rings (SSSR count). The van der Waals surface area contributed by atoms with Crippen molar-refractivity contribution in [2.24, 2.45) is 22.7 Å². The zero-order valence-electron chi connectivity index (χ0n) is 51.2. The molecule has 27 nitrogen and oxygen atoms in total. The Bertz CT molecular complexity index is 3400. The smallest absolute Gasteiger partial charge is 0.480 e. The molecule has 90 heavy (non-hydrogen) atoms. The number of halogens is 1. The van der Waals surface area contributed by atoms with Gasteiger partial charge in [-0.25, -0.2) is 20.4 Å². The molecular formula is C62H77BrN10O17. The maximum atomic E-state index is 13.7. The fraction of sp³-hybridized carbons (Fsp3) is 0.484. The monoisotopic (exact) mass is 1310 g/mol. The number of nitrogens with one attached hydrogen (secondary N) is 6. The second kappa shape index (κ2) is 30.3. The largest absolute Gasteiger partial charge is 0.508 e. The van der Waals surface area contributed by atoms with Crippen LogP contribution in [0.1, 0.15) is 110 Å². The highest BCUT2D eigenvalue weighted by atomic mass is 79.9. The molecular weight excluding hydrogens is 1240 g/mol. The van der Waals surface area contributed by atoms with E-state index in [2.05, 4.69) is 69.1 Å². The van der Waals surface area contributed by atoms with Gasteiger partial charge in [-0.05, 0) is 101 Å². The van der Waals surface area contributed by atoms with Crippen molar-refractivity contribution in [1.82, 2.24) is 52.1 Å². The van der Waals surface area contributed by atoms with Gasteiger partial charge >= 0.3 is 24.2 Å². The molecule has 2 aromatic carbocycles. The number of carboxylic acids is 1. The van der Waals surface area contributed by atoms with Crippen LogP contribution in [0.4, 0.5) is 9.59 Å². The van der Waals surface area contributed by atoms with Gasteiger partial charge in [0, 0.05) is 28.3 Å². The van der Waals surface area contributed by atoms with Gasteiger partial charge < -0.3 is 55.2 Å². The molecule has 4 aromatic rings. The van der Waals surface area contributed by atoms with Gasteiger partial charge in [0.05, 0.1) is 34.5 Å². The zero-order chi connectivity index (χ0) is 65.8. The molecule has 484 valence electrons. The number of aliphatic carboxylic acids is 1. The molecule has 5 bridgehead atoms. The van der Waals surface area contributed by atoms with E-state index in [-0.39, 0.29) is 56.1 Å². The Labute approximate surface area is 527 Å². The van der Waals surface area contributed by atoms with Crippen LogP contribution in [-0.2, 0) is 62.0 Å². The zero-order valence-corrected chi connectivity index (χ0v) is 52.8. The number of amides is 6. The summed E-state index contributed by atoms with van der Waals surface area (Å²) in [5, 5.41) is 34.4. The standard InChI is InChI=1S/C31H37N5O8.C24H32BrN5O4.C7H8O5/c1-17(2)25-27(38)33-19(4)28(39)36-13-5-6-23(35-36)26(37)32-18(3)22-10-9-21-8-7-20(14-24(21)34-22)11-12-31(29(40)44-25)15-42-30(41)43-16-31;1-13(2)21(31)23(33)27-15(4)24(34)30-11-5-6-19(29-30)22(32)26-14(3)18-10-8-16-7-9-17(25)12-20(16)28-18;1-2-7(5(8)9)3-11-6(10)12-4-7/h7-12,14,17-19,23,25,35H,5-6,13,15-16H2,1-4H3,(H,32,37)(H,33,38);7-10,12-15,19,21,29,31H,5-6,11H2,1-4H3,(H,26,32)(H,27,33);2H,1,3-4H2,(H,8,9)/b12-11+;;/t18-,19+,23+,25+;14-,15+,19+,21+;/m11./s1. The minimum absolute atomic E-state index is 0.218. The average molecular weight is 1310 g/mol. The van der Waals surface area contributed by atoms with Gasteiger partial charge in [-0.15, -0.1) is 6.58 Å². The molecule has 5 aliphatic heterocycles. The number of rotatable bonds is 10. The Balaban J connectivity index is 0.000000221. The number of pyridine rings is 2. The summed E-state index contributed by atoms with van der Waals surface area (Å²) < 4.78 is 25.7. The highest BCUT2D eigenvalue weighted by molar-refractivity contribution is 9.10. The van der Waals surface area contributed by atoms with E-state index < -0.39 is 101 Å². The molecule has 0 saturated carbocycles. The number of carbonyl (C=O) groups excluding carboxylic acids is 9. The van der Waals surface area contributed by atoms with Crippen LogP contribution in [-0.4, -0.2) is 166 Å². The second-order valence-electron chi connectivity index (χ2n) is 23.4. The number of esters is 1. The number of carboxylic acid groups (broad SMARTS) is 1. The first kappa shape index (κ1) is 68.9. The van der Waals surface area contributed by atoms with E-state index in [4.69, 9.17) is 24.3 Å². The number of benzene rings is 2. The lowest BCUT2D eigenvalue weighted by Gasteiger charge is -2.35. The molecule has 2 aromatic heterocycles. The van der Waals surface area contributed by atoms with Crippen LogP contribution in [0.15, 0.2) is 83.9 Å².